The van der Waals surface area contributed by atoms with Crippen LogP contribution in [0.4, 0.5) is 5.95 Å². The standard InChI is InChI=1S/C24H29N9O3S/c1-27-21(34)6-7-32-17-11-18-16(29-24(36)33(18)9-8-31(2)3)10-15(17)28-23(32)30-22(35)20-5-4-19(37-20)14(12-25)13-26/h4-5,10-13,25H,6-9,26H2,1-3H3,(H,27,34)(H,29,36)(H,28,30,35). The molecule has 0 fully saturated rings. The van der Waals surface area contributed by atoms with Gasteiger partial charge in [-0.1, -0.05) is 0 Å². The average Bonchev–Trinajstić information content (AvgIpc) is 3.56. The number of aromatic amines is 1. The second kappa shape index (κ2) is 10.8. The number of amides is 2. The summed E-state index contributed by atoms with van der Waals surface area (Å²) in [5, 5.41) is 12.9. The Morgan fingerprint density at radius 2 is 1.95 bits per heavy atom. The van der Waals surface area contributed by atoms with E-state index < -0.39 is 0 Å². The van der Waals surface area contributed by atoms with Crippen molar-refractivity contribution in [1.82, 2.24) is 29.3 Å². The highest BCUT2D eigenvalue weighted by atomic mass is 32.1. The second-order valence-electron chi connectivity index (χ2n) is 8.64. The van der Waals surface area contributed by atoms with E-state index in [1.165, 1.54) is 17.5 Å². The van der Waals surface area contributed by atoms with Gasteiger partial charge in [-0.3, -0.25) is 19.5 Å². The van der Waals surface area contributed by atoms with Crippen molar-refractivity contribution in [2.24, 2.45) is 5.73 Å². The molecule has 3 aromatic heterocycles. The van der Waals surface area contributed by atoms with Gasteiger partial charge in [0.25, 0.3) is 5.91 Å². The predicted octanol–water partition coefficient (Wildman–Crippen LogP) is 1.64. The maximum absolute atomic E-state index is 13.1. The van der Waals surface area contributed by atoms with Crippen molar-refractivity contribution < 1.29 is 9.59 Å². The number of rotatable bonds is 10. The number of nitrogens with one attached hydrogen (secondary N) is 4. The van der Waals surface area contributed by atoms with Gasteiger partial charge in [0.1, 0.15) is 0 Å². The highest BCUT2D eigenvalue weighted by molar-refractivity contribution is 7.15. The van der Waals surface area contributed by atoms with E-state index in [2.05, 4.69) is 20.6 Å². The van der Waals surface area contributed by atoms with Crippen LogP contribution in [0.5, 0.6) is 0 Å². The minimum Gasteiger partial charge on any atom is -0.404 e. The fraction of sp³-hybridized carbons (Fsp3) is 0.292. The summed E-state index contributed by atoms with van der Waals surface area (Å²) in [6.07, 6.45) is 2.63. The van der Waals surface area contributed by atoms with Crippen LogP contribution in [0.3, 0.4) is 0 Å². The zero-order valence-corrected chi connectivity index (χ0v) is 21.6. The summed E-state index contributed by atoms with van der Waals surface area (Å²) in [5.41, 5.74) is 8.48. The van der Waals surface area contributed by atoms with Crippen LogP contribution < -0.4 is 22.1 Å². The minimum absolute atomic E-state index is 0.152. The molecule has 0 saturated heterocycles. The average molecular weight is 524 g/mol. The number of hydrogen-bond donors (Lipinski definition) is 5. The Kier molecular flexibility index (Phi) is 7.55. The zero-order valence-electron chi connectivity index (χ0n) is 20.8. The predicted molar refractivity (Wildman–Crippen MR) is 146 cm³/mol. The van der Waals surface area contributed by atoms with Crippen LogP contribution in [-0.4, -0.2) is 69.7 Å². The van der Waals surface area contributed by atoms with Crippen molar-refractivity contribution in [2.75, 3.05) is 33.0 Å². The molecule has 0 spiro atoms. The van der Waals surface area contributed by atoms with E-state index >= 15 is 0 Å². The van der Waals surface area contributed by atoms with Crippen molar-refractivity contribution >= 4 is 63.0 Å². The first-order chi connectivity index (χ1) is 17.7. The van der Waals surface area contributed by atoms with Crippen LogP contribution in [0.15, 0.2) is 35.3 Å². The fourth-order valence-corrected chi connectivity index (χ4v) is 4.83. The molecule has 0 aliphatic carbocycles. The molecule has 12 nitrogen and oxygen atoms in total. The summed E-state index contributed by atoms with van der Waals surface area (Å²) in [7, 11) is 5.45. The lowest BCUT2D eigenvalue weighted by Gasteiger charge is -2.11. The molecular formula is C24H29N9O3S. The third-order valence-electron chi connectivity index (χ3n) is 5.93. The molecule has 0 aliphatic rings. The first-order valence-electron chi connectivity index (χ1n) is 11.6. The van der Waals surface area contributed by atoms with E-state index in [1.807, 2.05) is 25.1 Å². The number of carbonyl (C=O) groups excluding carboxylic acids is 2. The molecule has 0 radical (unpaired) electrons. The van der Waals surface area contributed by atoms with Crippen LogP contribution in [-0.2, 0) is 17.9 Å². The summed E-state index contributed by atoms with van der Waals surface area (Å²) < 4.78 is 3.44. The number of aromatic nitrogens is 4. The number of nitrogens with two attached hydrogens (primary N) is 1. The lowest BCUT2D eigenvalue weighted by Crippen LogP contribution is -2.24. The molecule has 0 saturated carbocycles. The number of anilines is 1. The monoisotopic (exact) mass is 523 g/mol. The summed E-state index contributed by atoms with van der Waals surface area (Å²) in [6.45, 7) is 1.46. The number of allylic oxidation sites excluding steroid dienone is 1. The minimum atomic E-state index is -0.373. The maximum atomic E-state index is 13.1. The van der Waals surface area contributed by atoms with E-state index in [9.17, 15) is 14.4 Å². The van der Waals surface area contributed by atoms with Crippen molar-refractivity contribution in [1.29, 1.82) is 5.41 Å². The Bertz CT molecular complexity index is 1570. The van der Waals surface area contributed by atoms with Gasteiger partial charge in [-0.05, 0) is 38.4 Å². The Morgan fingerprint density at radius 1 is 1.19 bits per heavy atom. The van der Waals surface area contributed by atoms with Crippen molar-refractivity contribution in [3.05, 3.63) is 50.7 Å². The number of H-pyrrole nitrogens is 1. The first kappa shape index (κ1) is 25.9. The zero-order chi connectivity index (χ0) is 26.7. The Labute approximate surface area is 216 Å². The van der Waals surface area contributed by atoms with Crippen molar-refractivity contribution in [3.63, 3.8) is 0 Å². The van der Waals surface area contributed by atoms with Gasteiger partial charge in [-0.2, -0.15) is 0 Å². The van der Waals surface area contributed by atoms with Crippen LogP contribution in [0.2, 0.25) is 0 Å². The number of imidazole rings is 2. The number of thiophene rings is 1. The number of benzene rings is 1. The van der Waals surface area contributed by atoms with Crippen molar-refractivity contribution in [2.45, 2.75) is 19.5 Å². The number of hydrogen-bond acceptors (Lipinski definition) is 8. The van der Waals surface area contributed by atoms with E-state index in [0.29, 0.717) is 50.5 Å². The Morgan fingerprint density at radius 3 is 2.62 bits per heavy atom. The van der Waals surface area contributed by atoms with Crippen LogP contribution >= 0.6 is 11.3 Å². The summed E-state index contributed by atoms with van der Waals surface area (Å²) in [6, 6.07) is 7.02. The summed E-state index contributed by atoms with van der Waals surface area (Å²) in [5.74, 6) is -0.238. The summed E-state index contributed by atoms with van der Waals surface area (Å²) in [4.78, 5) is 48.3. The highest BCUT2D eigenvalue weighted by Crippen LogP contribution is 2.27. The number of fused-ring (bicyclic) bond motifs is 2. The fourth-order valence-electron chi connectivity index (χ4n) is 3.94. The molecule has 194 valence electrons. The van der Waals surface area contributed by atoms with E-state index in [4.69, 9.17) is 11.1 Å². The Hall–Kier alpha value is -4.23. The molecule has 0 unspecified atom stereocenters. The lowest BCUT2D eigenvalue weighted by atomic mass is 10.2. The van der Waals surface area contributed by atoms with Gasteiger partial charge in [0.15, 0.2) is 0 Å². The van der Waals surface area contributed by atoms with Gasteiger partial charge >= 0.3 is 5.69 Å². The molecule has 4 aromatic rings. The number of aryl methyl sites for hydroxylation is 1. The van der Waals surface area contributed by atoms with Crippen LogP contribution in [0.25, 0.3) is 27.6 Å². The molecule has 3 heterocycles. The van der Waals surface area contributed by atoms with E-state index in [-0.39, 0.29) is 36.4 Å². The highest BCUT2D eigenvalue weighted by Gasteiger charge is 2.19. The molecular weight excluding hydrogens is 494 g/mol. The van der Waals surface area contributed by atoms with Gasteiger partial charge in [0.2, 0.25) is 11.9 Å². The van der Waals surface area contributed by atoms with Gasteiger partial charge in [-0.25, -0.2) is 9.78 Å². The Balaban J connectivity index is 1.75. The number of nitrogens with zero attached hydrogens (tertiary/aromatic N) is 4. The quantitative estimate of drug-likeness (QED) is 0.198. The smallest absolute Gasteiger partial charge is 0.326 e. The van der Waals surface area contributed by atoms with Gasteiger partial charge in [0, 0.05) is 56.0 Å². The van der Waals surface area contributed by atoms with Crippen LogP contribution in [0.1, 0.15) is 21.0 Å². The molecule has 0 atom stereocenters. The third kappa shape index (κ3) is 5.32. The second-order valence-corrected chi connectivity index (χ2v) is 9.72. The molecule has 6 N–H and O–H groups in total. The SMILES string of the molecule is CNC(=O)CCn1c(NC(=O)c2ccc(C(C=N)=CN)s2)nc2cc3[nH]c(=O)n(CCN(C)C)c3cc21. The number of likely N-dealkylation sites (N-methyl/N-ethyl adjacent to an activating group) is 1. The molecule has 1 aromatic carbocycles. The largest absolute Gasteiger partial charge is 0.404 e. The molecule has 2 amide bonds. The molecule has 0 bridgehead atoms. The molecule has 0 aliphatic heterocycles. The van der Waals surface area contributed by atoms with Gasteiger partial charge in [-0.15, -0.1) is 11.3 Å². The van der Waals surface area contributed by atoms with E-state index in [0.717, 1.165) is 6.21 Å². The topological polar surface area (TPSA) is 167 Å². The molecule has 13 heteroatoms. The number of carbonyl (C=O) groups is 2. The summed E-state index contributed by atoms with van der Waals surface area (Å²) >= 11 is 1.21. The first-order valence-corrected chi connectivity index (χ1v) is 12.4. The van der Waals surface area contributed by atoms with Gasteiger partial charge in [0.05, 0.1) is 26.9 Å². The van der Waals surface area contributed by atoms with Gasteiger partial charge < -0.3 is 30.9 Å². The van der Waals surface area contributed by atoms with E-state index in [1.54, 1.807) is 34.4 Å². The lowest BCUT2D eigenvalue weighted by molar-refractivity contribution is -0.120. The third-order valence-corrected chi connectivity index (χ3v) is 7.06. The van der Waals surface area contributed by atoms with Crippen molar-refractivity contribution in [3.8, 4) is 0 Å². The molecule has 4 rings (SSSR count). The normalized spacial score (nSPS) is 11.9. The van der Waals surface area contributed by atoms with Crippen LogP contribution in [0, 0.1) is 5.41 Å². The maximum Gasteiger partial charge on any atom is 0.326 e. The molecule has 37 heavy (non-hydrogen) atoms.